The van der Waals surface area contributed by atoms with Gasteiger partial charge in [-0.25, -0.2) is 0 Å². The molecule has 0 heterocycles. The number of halogens is 1. The summed E-state index contributed by atoms with van der Waals surface area (Å²) in [5.41, 5.74) is 0.419. The second-order valence-corrected chi connectivity index (χ2v) is 4.23. The van der Waals surface area contributed by atoms with Gasteiger partial charge in [-0.05, 0) is 17.8 Å². The predicted octanol–water partition coefficient (Wildman–Crippen LogP) is 3.05. The third-order valence-electron chi connectivity index (χ3n) is 2.47. The summed E-state index contributed by atoms with van der Waals surface area (Å²) in [6, 6.07) is 0. The van der Waals surface area contributed by atoms with Crippen LogP contribution in [0.3, 0.4) is 0 Å². The van der Waals surface area contributed by atoms with Gasteiger partial charge in [0.15, 0.2) is 0 Å². The van der Waals surface area contributed by atoms with Gasteiger partial charge in [0.1, 0.15) is 0 Å². The van der Waals surface area contributed by atoms with Crippen molar-refractivity contribution in [3.05, 3.63) is 0 Å². The fourth-order valence-corrected chi connectivity index (χ4v) is 2.08. The second kappa shape index (κ2) is 2.16. The summed E-state index contributed by atoms with van der Waals surface area (Å²) in [5, 5.41) is 0.433. The van der Waals surface area contributed by atoms with E-state index in [1.165, 1.54) is 12.8 Å². The Hall–Kier alpha value is 0.290. The van der Waals surface area contributed by atoms with E-state index in [4.69, 9.17) is 11.6 Å². The Morgan fingerprint density at radius 3 is 2.22 bits per heavy atom. The number of alkyl halides is 1. The first-order chi connectivity index (χ1) is 4.08. The van der Waals surface area contributed by atoms with Gasteiger partial charge in [0.2, 0.25) is 0 Å². The van der Waals surface area contributed by atoms with E-state index in [1.807, 2.05) is 0 Å². The average molecular weight is 147 g/mol. The van der Waals surface area contributed by atoms with Crippen molar-refractivity contribution in [3.8, 4) is 0 Å². The van der Waals surface area contributed by atoms with Crippen LogP contribution in [-0.2, 0) is 0 Å². The molecule has 1 saturated carbocycles. The van der Waals surface area contributed by atoms with Crippen molar-refractivity contribution in [2.24, 2.45) is 11.3 Å². The molecule has 1 rings (SSSR count). The maximum Gasteiger partial charge on any atom is 0.0415 e. The number of hydrogen-bond donors (Lipinski definition) is 0. The van der Waals surface area contributed by atoms with E-state index in [0.29, 0.717) is 10.8 Å². The molecule has 2 atom stereocenters. The quantitative estimate of drug-likeness (QED) is 0.499. The van der Waals surface area contributed by atoms with Crippen molar-refractivity contribution >= 4 is 11.6 Å². The normalized spacial score (nSPS) is 40.0. The Morgan fingerprint density at radius 1 is 1.56 bits per heavy atom. The van der Waals surface area contributed by atoms with Gasteiger partial charge in [-0.1, -0.05) is 27.2 Å². The van der Waals surface area contributed by atoms with Gasteiger partial charge < -0.3 is 0 Å². The van der Waals surface area contributed by atoms with E-state index in [1.54, 1.807) is 0 Å². The van der Waals surface area contributed by atoms with Crippen LogP contribution in [0, 0.1) is 11.3 Å². The lowest BCUT2D eigenvalue weighted by molar-refractivity contribution is 0.103. The van der Waals surface area contributed by atoms with Crippen molar-refractivity contribution in [1.29, 1.82) is 0 Å². The zero-order chi connectivity index (χ0) is 7.07. The largest absolute Gasteiger partial charge is 0.122 e. The molecule has 1 aliphatic carbocycles. The van der Waals surface area contributed by atoms with Gasteiger partial charge in [-0.3, -0.25) is 0 Å². The van der Waals surface area contributed by atoms with Crippen LogP contribution in [0.4, 0.5) is 0 Å². The molecule has 2 unspecified atom stereocenters. The summed E-state index contributed by atoms with van der Waals surface area (Å²) >= 11 is 6.11. The monoisotopic (exact) mass is 146 g/mol. The third kappa shape index (κ3) is 1.10. The first-order valence-corrected chi connectivity index (χ1v) is 4.15. The van der Waals surface area contributed by atoms with Gasteiger partial charge in [-0.15, -0.1) is 11.6 Å². The van der Waals surface area contributed by atoms with Crippen molar-refractivity contribution in [2.75, 3.05) is 0 Å². The lowest BCUT2D eigenvalue weighted by Crippen LogP contribution is -2.44. The molecule has 0 nitrogen and oxygen atoms in total. The molecule has 0 aromatic carbocycles. The molecule has 0 radical (unpaired) electrons. The molecule has 0 aliphatic heterocycles. The Kier molecular flexibility index (Phi) is 1.77. The maximum absolute atomic E-state index is 6.11. The summed E-state index contributed by atoms with van der Waals surface area (Å²) in [7, 11) is 0. The van der Waals surface area contributed by atoms with E-state index in [2.05, 4.69) is 20.8 Å². The van der Waals surface area contributed by atoms with Crippen molar-refractivity contribution in [2.45, 2.75) is 39.0 Å². The molecule has 0 amide bonds. The average Bonchev–Trinajstić information content (AvgIpc) is 1.82. The zero-order valence-electron chi connectivity index (χ0n) is 6.45. The Bertz CT molecular complexity index is 107. The predicted molar refractivity (Wildman–Crippen MR) is 41.8 cm³/mol. The molecule has 54 valence electrons. The molecule has 9 heavy (non-hydrogen) atoms. The minimum absolute atomic E-state index is 0.419. The summed E-state index contributed by atoms with van der Waals surface area (Å²) < 4.78 is 0. The molecule has 0 saturated heterocycles. The van der Waals surface area contributed by atoms with Crippen LogP contribution in [0.1, 0.15) is 33.6 Å². The number of hydrogen-bond acceptors (Lipinski definition) is 0. The Labute approximate surface area is 62.6 Å². The SMILES string of the molecule is CCC1CC(C)(C)C1Cl. The van der Waals surface area contributed by atoms with Gasteiger partial charge in [0.25, 0.3) is 0 Å². The molecule has 0 spiro atoms. The highest BCUT2D eigenvalue weighted by Crippen LogP contribution is 2.49. The zero-order valence-corrected chi connectivity index (χ0v) is 7.20. The molecular formula is C8H15Cl. The lowest BCUT2D eigenvalue weighted by atomic mass is 9.63. The van der Waals surface area contributed by atoms with E-state index in [0.717, 1.165) is 5.92 Å². The first-order valence-electron chi connectivity index (χ1n) is 3.72. The second-order valence-electron chi connectivity index (χ2n) is 3.76. The molecule has 0 bridgehead atoms. The van der Waals surface area contributed by atoms with Crippen LogP contribution in [-0.4, -0.2) is 5.38 Å². The minimum atomic E-state index is 0.419. The standard InChI is InChI=1S/C8H15Cl/c1-4-6-5-8(2,3)7(6)9/h6-7H,4-5H2,1-3H3. The van der Waals surface area contributed by atoms with Crippen molar-refractivity contribution in [1.82, 2.24) is 0 Å². The molecule has 0 aromatic heterocycles. The Balaban J connectivity index is 2.41. The summed E-state index contributed by atoms with van der Waals surface area (Å²) in [6.07, 6.45) is 2.56. The fourth-order valence-electron chi connectivity index (χ4n) is 1.72. The van der Waals surface area contributed by atoms with Gasteiger partial charge in [0, 0.05) is 5.38 Å². The molecule has 1 aliphatic rings. The van der Waals surface area contributed by atoms with Crippen LogP contribution >= 0.6 is 11.6 Å². The maximum atomic E-state index is 6.11. The molecular weight excluding hydrogens is 132 g/mol. The first kappa shape index (κ1) is 7.40. The van der Waals surface area contributed by atoms with Crippen LogP contribution in [0.5, 0.6) is 0 Å². The van der Waals surface area contributed by atoms with Gasteiger partial charge in [0.05, 0.1) is 0 Å². The summed E-state index contributed by atoms with van der Waals surface area (Å²) in [5.74, 6) is 0.793. The van der Waals surface area contributed by atoms with Gasteiger partial charge in [-0.2, -0.15) is 0 Å². The lowest BCUT2D eigenvalue weighted by Gasteiger charge is -2.47. The summed E-state index contributed by atoms with van der Waals surface area (Å²) in [6.45, 7) is 6.71. The van der Waals surface area contributed by atoms with Gasteiger partial charge >= 0.3 is 0 Å². The highest BCUT2D eigenvalue weighted by Gasteiger charge is 2.44. The molecule has 1 fully saturated rings. The van der Waals surface area contributed by atoms with E-state index in [-0.39, 0.29) is 0 Å². The van der Waals surface area contributed by atoms with E-state index in [9.17, 15) is 0 Å². The smallest absolute Gasteiger partial charge is 0.0415 e. The van der Waals surface area contributed by atoms with E-state index >= 15 is 0 Å². The van der Waals surface area contributed by atoms with Crippen LogP contribution in [0.15, 0.2) is 0 Å². The highest BCUT2D eigenvalue weighted by molar-refractivity contribution is 6.21. The third-order valence-corrected chi connectivity index (χ3v) is 3.42. The molecule has 0 N–H and O–H groups in total. The van der Waals surface area contributed by atoms with Crippen LogP contribution in [0.2, 0.25) is 0 Å². The minimum Gasteiger partial charge on any atom is -0.122 e. The fraction of sp³-hybridized carbons (Fsp3) is 1.00. The van der Waals surface area contributed by atoms with Crippen molar-refractivity contribution in [3.63, 3.8) is 0 Å². The topological polar surface area (TPSA) is 0 Å². The van der Waals surface area contributed by atoms with Crippen LogP contribution < -0.4 is 0 Å². The highest BCUT2D eigenvalue weighted by atomic mass is 35.5. The molecule has 0 aromatic rings. The number of rotatable bonds is 1. The van der Waals surface area contributed by atoms with Crippen molar-refractivity contribution < 1.29 is 0 Å². The summed E-state index contributed by atoms with van der Waals surface area (Å²) in [4.78, 5) is 0. The Morgan fingerprint density at radius 2 is 2.11 bits per heavy atom. The molecule has 1 heteroatoms. The van der Waals surface area contributed by atoms with E-state index < -0.39 is 0 Å². The van der Waals surface area contributed by atoms with Crippen LogP contribution in [0.25, 0.3) is 0 Å².